The van der Waals surface area contributed by atoms with Gasteiger partial charge < -0.3 is 14.7 Å². The third kappa shape index (κ3) is 2.97. The molecule has 0 spiro atoms. The van der Waals surface area contributed by atoms with Crippen LogP contribution in [0.1, 0.15) is 36.3 Å². The van der Waals surface area contributed by atoms with E-state index in [2.05, 4.69) is 14.8 Å². The van der Waals surface area contributed by atoms with Crippen molar-refractivity contribution in [3.8, 4) is 0 Å². The summed E-state index contributed by atoms with van der Waals surface area (Å²) in [6.45, 7) is 5.14. The van der Waals surface area contributed by atoms with E-state index in [4.69, 9.17) is 15.0 Å². The molecule has 0 aromatic carbocycles. The highest BCUT2D eigenvalue weighted by molar-refractivity contribution is 5.54. The second-order valence-corrected chi connectivity index (χ2v) is 8.53. The van der Waals surface area contributed by atoms with Gasteiger partial charge in [0.25, 0.3) is 0 Å². The summed E-state index contributed by atoms with van der Waals surface area (Å²) < 4.78 is 0. The molecule has 148 valence electrons. The third-order valence-electron chi connectivity index (χ3n) is 6.53. The van der Waals surface area contributed by atoms with Crippen molar-refractivity contribution in [1.29, 1.82) is 0 Å². The molecule has 5 rings (SSSR count). The van der Waals surface area contributed by atoms with Crippen LogP contribution in [0.4, 0.5) is 17.6 Å². The maximum atomic E-state index is 4.91. The van der Waals surface area contributed by atoms with Crippen molar-refractivity contribution in [2.75, 3.05) is 48.4 Å². The Morgan fingerprint density at radius 3 is 2.79 bits per heavy atom. The van der Waals surface area contributed by atoms with Gasteiger partial charge in [0.05, 0.1) is 6.04 Å². The number of rotatable bonds is 3. The Balaban J connectivity index is 1.43. The Hall–Kier alpha value is -2.44. The van der Waals surface area contributed by atoms with Gasteiger partial charge in [-0.05, 0) is 51.0 Å². The van der Waals surface area contributed by atoms with Crippen LogP contribution in [0.5, 0.6) is 0 Å². The first-order valence-electron chi connectivity index (χ1n) is 10.5. The molecule has 2 saturated heterocycles. The Bertz CT molecular complexity index is 881. The lowest BCUT2D eigenvalue weighted by molar-refractivity contribution is 0.386. The Morgan fingerprint density at radius 2 is 1.93 bits per heavy atom. The number of piperidine rings is 1. The summed E-state index contributed by atoms with van der Waals surface area (Å²) in [5.41, 5.74) is 2.68. The van der Waals surface area contributed by atoms with Gasteiger partial charge >= 0.3 is 0 Å². The molecule has 3 aliphatic rings. The van der Waals surface area contributed by atoms with E-state index >= 15 is 0 Å². The van der Waals surface area contributed by atoms with Crippen LogP contribution in [0, 0.1) is 12.8 Å². The summed E-state index contributed by atoms with van der Waals surface area (Å²) in [6, 6.07) is 2.45. The average molecular weight is 380 g/mol. The number of aromatic nitrogens is 4. The zero-order valence-corrected chi connectivity index (χ0v) is 17.1. The second-order valence-electron chi connectivity index (χ2n) is 8.53. The molecule has 0 N–H and O–H groups in total. The number of anilines is 3. The molecule has 4 heterocycles. The van der Waals surface area contributed by atoms with E-state index < -0.39 is 0 Å². The van der Waals surface area contributed by atoms with Gasteiger partial charge in [0, 0.05) is 51.2 Å². The summed E-state index contributed by atoms with van der Waals surface area (Å²) in [6.07, 6.45) is 7.76. The number of aryl methyl sites for hydroxylation is 2. The van der Waals surface area contributed by atoms with Gasteiger partial charge in [-0.1, -0.05) is 0 Å². The van der Waals surface area contributed by atoms with Crippen molar-refractivity contribution >= 4 is 17.6 Å². The molecule has 2 unspecified atom stereocenters. The minimum atomic E-state index is 0.486. The Labute approximate surface area is 166 Å². The summed E-state index contributed by atoms with van der Waals surface area (Å²) in [7, 11) is 4.05. The molecule has 2 aliphatic heterocycles. The maximum Gasteiger partial charge on any atom is 0.227 e. The molecule has 0 amide bonds. The van der Waals surface area contributed by atoms with E-state index in [0.29, 0.717) is 6.04 Å². The van der Waals surface area contributed by atoms with Crippen LogP contribution in [0.15, 0.2) is 12.3 Å². The molecular weight excluding hydrogens is 350 g/mol. The van der Waals surface area contributed by atoms with Gasteiger partial charge in [0.1, 0.15) is 17.5 Å². The molecule has 1 aliphatic carbocycles. The van der Waals surface area contributed by atoms with Crippen LogP contribution in [0.25, 0.3) is 0 Å². The fourth-order valence-corrected chi connectivity index (χ4v) is 5.10. The van der Waals surface area contributed by atoms with E-state index in [0.717, 1.165) is 56.0 Å². The minimum Gasteiger partial charge on any atom is -0.363 e. The highest BCUT2D eigenvalue weighted by Gasteiger charge is 2.41. The molecule has 2 aromatic heterocycles. The quantitative estimate of drug-likeness (QED) is 0.810. The summed E-state index contributed by atoms with van der Waals surface area (Å²) in [4.78, 5) is 25.9. The number of nitrogens with zero attached hydrogens (tertiary/aromatic N) is 7. The first kappa shape index (κ1) is 17.6. The first-order valence-corrected chi connectivity index (χ1v) is 10.5. The van der Waals surface area contributed by atoms with Crippen molar-refractivity contribution < 1.29 is 0 Å². The molecule has 2 aromatic rings. The zero-order valence-electron chi connectivity index (χ0n) is 17.1. The molecule has 28 heavy (non-hydrogen) atoms. The monoisotopic (exact) mass is 379 g/mol. The predicted molar refractivity (Wildman–Crippen MR) is 111 cm³/mol. The van der Waals surface area contributed by atoms with Crippen LogP contribution in [-0.2, 0) is 12.8 Å². The lowest BCUT2D eigenvalue weighted by atomic mass is 9.92. The molecule has 0 saturated carbocycles. The minimum absolute atomic E-state index is 0.486. The van der Waals surface area contributed by atoms with Gasteiger partial charge in [-0.25, -0.2) is 15.0 Å². The first-order chi connectivity index (χ1) is 13.6. The van der Waals surface area contributed by atoms with Crippen molar-refractivity contribution in [3.05, 3.63) is 29.3 Å². The smallest absolute Gasteiger partial charge is 0.227 e. The normalized spacial score (nSPS) is 23.7. The fraction of sp³-hybridized carbons (Fsp3) is 0.619. The Morgan fingerprint density at radius 1 is 1.07 bits per heavy atom. The lowest BCUT2D eigenvalue weighted by Crippen LogP contribution is -2.49. The lowest BCUT2D eigenvalue weighted by Gasteiger charge is -2.39. The van der Waals surface area contributed by atoms with E-state index in [1.807, 2.05) is 38.2 Å². The van der Waals surface area contributed by atoms with Crippen molar-refractivity contribution in [1.82, 2.24) is 19.9 Å². The zero-order chi connectivity index (χ0) is 19.3. The van der Waals surface area contributed by atoms with E-state index in [1.165, 1.54) is 36.3 Å². The molecule has 2 fully saturated rings. The fourth-order valence-electron chi connectivity index (χ4n) is 5.10. The van der Waals surface area contributed by atoms with Crippen molar-refractivity contribution in [2.24, 2.45) is 5.92 Å². The van der Waals surface area contributed by atoms with E-state index in [1.54, 1.807) is 0 Å². The highest BCUT2D eigenvalue weighted by atomic mass is 15.3. The van der Waals surface area contributed by atoms with Crippen LogP contribution in [0.2, 0.25) is 0 Å². The van der Waals surface area contributed by atoms with Crippen LogP contribution in [-0.4, -0.2) is 59.7 Å². The number of hydrogen-bond donors (Lipinski definition) is 0. The largest absolute Gasteiger partial charge is 0.363 e. The van der Waals surface area contributed by atoms with Gasteiger partial charge in [0.15, 0.2) is 0 Å². The predicted octanol–water partition coefficient (Wildman–Crippen LogP) is 2.23. The maximum absolute atomic E-state index is 4.91. The standard InChI is InChI=1S/C21H29N7/c1-14-23-17-6-4-5-16(17)20(24-14)28-12-9-15-8-11-27(13-18(15)28)21-22-10-7-19(25-21)26(2)3/h7,10,15,18H,4-6,8-9,11-13H2,1-3H3. The van der Waals surface area contributed by atoms with Gasteiger partial charge in [0.2, 0.25) is 5.95 Å². The van der Waals surface area contributed by atoms with Crippen LogP contribution in [0.3, 0.4) is 0 Å². The van der Waals surface area contributed by atoms with E-state index in [-0.39, 0.29) is 0 Å². The molecule has 7 heteroatoms. The van der Waals surface area contributed by atoms with Gasteiger partial charge in [-0.2, -0.15) is 4.98 Å². The number of hydrogen-bond acceptors (Lipinski definition) is 7. The average Bonchev–Trinajstić information content (AvgIpc) is 3.33. The second kappa shape index (κ2) is 6.87. The highest BCUT2D eigenvalue weighted by Crippen LogP contribution is 2.38. The van der Waals surface area contributed by atoms with Gasteiger partial charge in [-0.3, -0.25) is 0 Å². The summed E-state index contributed by atoms with van der Waals surface area (Å²) >= 11 is 0. The van der Waals surface area contributed by atoms with Crippen LogP contribution < -0.4 is 14.7 Å². The number of fused-ring (bicyclic) bond motifs is 2. The third-order valence-corrected chi connectivity index (χ3v) is 6.53. The molecule has 0 radical (unpaired) electrons. The summed E-state index contributed by atoms with van der Waals surface area (Å²) in [5.74, 6) is 4.66. The van der Waals surface area contributed by atoms with Crippen molar-refractivity contribution in [3.63, 3.8) is 0 Å². The SMILES string of the molecule is Cc1nc2c(c(N3CCC4CCN(c5nccc(N(C)C)n5)CC43)n1)CCC2. The van der Waals surface area contributed by atoms with Crippen LogP contribution >= 0.6 is 0 Å². The van der Waals surface area contributed by atoms with Crippen molar-refractivity contribution in [2.45, 2.75) is 45.1 Å². The van der Waals surface area contributed by atoms with Gasteiger partial charge in [-0.15, -0.1) is 0 Å². The molecular formula is C21H29N7. The van der Waals surface area contributed by atoms with E-state index in [9.17, 15) is 0 Å². The molecule has 7 nitrogen and oxygen atoms in total. The molecule has 0 bridgehead atoms. The molecule has 2 atom stereocenters. The topological polar surface area (TPSA) is 61.3 Å². The summed E-state index contributed by atoms with van der Waals surface area (Å²) in [5, 5.41) is 0. The Kier molecular flexibility index (Phi) is 4.33.